The minimum Gasteiger partial charge on any atom is -0.326 e. The summed E-state index contributed by atoms with van der Waals surface area (Å²) in [5, 5.41) is 6.56. The second kappa shape index (κ2) is 5.91. The standard InChI is InChI=1S/C16H24N4S/c1-4-14(17)16(12-9-18-19(3)10-12)20-7-5-15-13(11(20)2)6-8-21-15/h6,8-11,14,16H,4-5,7,17H2,1-3H3. The van der Waals surface area contributed by atoms with Crippen LogP contribution >= 0.6 is 11.3 Å². The van der Waals surface area contributed by atoms with Crippen molar-refractivity contribution in [2.45, 2.75) is 44.8 Å². The van der Waals surface area contributed by atoms with Crippen LogP contribution in [0.3, 0.4) is 0 Å². The third kappa shape index (κ3) is 2.65. The number of nitrogens with zero attached hydrogens (tertiary/aromatic N) is 3. The smallest absolute Gasteiger partial charge is 0.0538 e. The lowest BCUT2D eigenvalue weighted by Crippen LogP contribution is -2.44. The number of thiophene rings is 1. The number of fused-ring (bicyclic) bond motifs is 1. The van der Waals surface area contributed by atoms with Crippen molar-refractivity contribution in [3.8, 4) is 0 Å². The highest BCUT2D eigenvalue weighted by Crippen LogP contribution is 2.39. The van der Waals surface area contributed by atoms with Crippen molar-refractivity contribution in [2.75, 3.05) is 6.54 Å². The Morgan fingerprint density at radius 3 is 3.00 bits per heavy atom. The van der Waals surface area contributed by atoms with E-state index in [0.717, 1.165) is 19.4 Å². The first-order valence-corrected chi connectivity index (χ1v) is 8.56. The average molecular weight is 304 g/mol. The van der Waals surface area contributed by atoms with E-state index in [1.807, 2.05) is 29.3 Å². The molecule has 3 heterocycles. The molecule has 2 N–H and O–H groups in total. The van der Waals surface area contributed by atoms with E-state index in [2.05, 4.69) is 41.5 Å². The molecule has 3 rings (SSSR count). The summed E-state index contributed by atoms with van der Waals surface area (Å²) >= 11 is 1.88. The van der Waals surface area contributed by atoms with E-state index in [-0.39, 0.29) is 12.1 Å². The Hall–Kier alpha value is -1.17. The van der Waals surface area contributed by atoms with Crippen molar-refractivity contribution in [1.82, 2.24) is 14.7 Å². The van der Waals surface area contributed by atoms with Gasteiger partial charge in [0.05, 0.1) is 12.2 Å². The van der Waals surface area contributed by atoms with Crippen molar-refractivity contribution >= 4 is 11.3 Å². The Bertz CT molecular complexity index is 603. The molecule has 1 aliphatic heterocycles. The number of rotatable bonds is 4. The minimum atomic E-state index is 0.136. The van der Waals surface area contributed by atoms with E-state index >= 15 is 0 Å². The van der Waals surface area contributed by atoms with Gasteiger partial charge in [0.2, 0.25) is 0 Å². The molecule has 0 fully saturated rings. The highest BCUT2D eigenvalue weighted by molar-refractivity contribution is 7.10. The van der Waals surface area contributed by atoms with Crippen LogP contribution in [0.25, 0.3) is 0 Å². The molecule has 2 aromatic rings. The second-order valence-electron chi connectivity index (χ2n) is 5.93. The molecular weight excluding hydrogens is 280 g/mol. The normalized spacial score (nSPS) is 22.0. The fourth-order valence-electron chi connectivity index (χ4n) is 3.41. The Morgan fingerprint density at radius 2 is 2.33 bits per heavy atom. The van der Waals surface area contributed by atoms with E-state index in [9.17, 15) is 0 Å². The van der Waals surface area contributed by atoms with E-state index in [0.29, 0.717) is 6.04 Å². The lowest BCUT2D eigenvalue weighted by atomic mass is 9.92. The molecule has 1 aliphatic rings. The first-order valence-electron chi connectivity index (χ1n) is 7.68. The van der Waals surface area contributed by atoms with Gasteiger partial charge in [0, 0.05) is 42.3 Å². The lowest BCUT2D eigenvalue weighted by Gasteiger charge is -2.41. The monoisotopic (exact) mass is 304 g/mol. The van der Waals surface area contributed by atoms with Crippen LogP contribution < -0.4 is 5.73 Å². The van der Waals surface area contributed by atoms with Crippen molar-refractivity contribution < 1.29 is 0 Å². The van der Waals surface area contributed by atoms with Crippen LogP contribution in [0.5, 0.6) is 0 Å². The number of hydrogen-bond donors (Lipinski definition) is 1. The third-order valence-corrected chi connectivity index (χ3v) is 5.62. The van der Waals surface area contributed by atoms with Crippen LogP contribution in [0.1, 0.15) is 48.4 Å². The molecule has 0 bridgehead atoms. The van der Waals surface area contributed by atoms with E-state index in [4.69, 9.17) is 5.73 Å². The van der Waals surface area contributed by atoms with Gasteiger partial charge in [-0.3, -0.25) is 9.58 Å². The first-order chi connectivity index (χ1) is 10.1. The van der Waals surface area contributed by atoms with Crippen molar-refractivity contribution in [2.24, 2.45) is 12.8 Å². The highest BCUT2D eigenvalue weighted by atomic mass is 32.1. The minimum absolute atomic E-state index is 0.136. The van der Waals surface area contributed by atoms with Gasteiger partial charge in [-0.1, -0.05) is 6.92 Å². The third-order valence-electron chi connectivity index (χ3n) is 4.63. The molecule has 0 aromatic carbocycles. The summed E-state index contributed by atoms with van der Waals surface area (Å²) in [6.07, 6.45) is 6.18. The van der Waals surface area contributed by atoms with Gasteiger partial charge in [-0.05, 0) is 36.8 Å². The Kier molecular flexibility index (Phi) is 4.15. The number of aromatic nitrogens is 2. The van der Waals surface area contributed by atoms with Gasteiger partial charge in [0.1, 0.15) is 0 Å². The maximum atomic E-state index is 6.47. The number of hydrogen-bond acceptors (Lipinski definition) is 4. The largest absolute Gasteiger partial charge is 0.326 e. The summed E-state index contributed by atoms with van der Waals surface area (Å²) in [5.41, 5.74) is 9.18. The van der Waals surface area contributed by atoms with E-state index in [1.54, 1.807) is 0 Å². The molecular formula is C16H24N4S. The molecule has 114 valence electrons. The van der Waals surface area contributed by atoms with Gasteiger partial charge in [0.25, 0.3) is 0 Å². The molecule has 21 heavy (non-hydrogen) atoms. The van der Waals surface area contributed by atoms with Crippen molar-refractivity contribution in [3.63, 3.8) is 0 Å². The zero-order chi connectivity index (χ0) is 15.0. The lowest BCUT2D eigenvalue weighted by molar-refractivity contribution is 0.113. The van der Waals surface area contributed by atoms with E-state index < -0.39 is 0 Å². The van der Waals surface area contributed by atoms with Gasteiger partial charge >= 0.3 is 0 Å². The summed E-state index contributed by atoms with van der Waals surface area (Å²) in [4.78, 5) is 4.09. The van der Waals surface area contributed by atoms with Crippen LogP contribution in [-0.2, 0) is 13.5 Å². The fourth-order valence-corrected chi connectivity index (χ4v) is 4.37. The predicted octanol–water partition coefficient (Wildman–Crippen LogP) is 2.88. The maximum Gasteiger partial charge on any atom is 0.0538 e. The summed E-state index contributed by atoms with van der Waals surface area (Å²) in [7, 11) is 1.97. The van der Waals surface area contributed by atoms with Gasteiger partial charge in [-0.15, -0.1) is 11.3 Å². The van der Waals surface area contributed by atoms with E-state index in [1.165, 1.54) is 16.0 Å². The molecule has 0 aliphatic carbocycles. The van der Waals surface area contributed by atoms with Crippen molar-refractivity contribution in [3.05, 3.63) is 39.8 Å². The molecule has 0 amide bonds. The molecule has 3 unspecified atom stereocenters. The topological polar surface area (TPSA) is 47.1 Å². The molecule has 0 saturated carbocycles. The Morgan fingerprint density at radius 1 is 1.52 bits per heavy atom. The van der Waals surface area contributed by atoms with Gasteiger partial charge in [0.15, 0.2) is 0 Å². The highest BCUT2D eigenvalue weighted by Gasteiger charge is 2.34. The summed E-state index contributed by atoms with van der Waals surface area (Å²) in [6.45, 7) is 5.54. The zero-order valence-electron chi connectivity index (χ0n) is 13.0. The predicted molar refractivity (Wildman–Crippen MR) is 87.4 cm³/mol. The summed E-state index contributed by atoms with van der Waals surface area (Å²) in [5.74, 6) is 0. The SMILES string of the molecule is CCC(N)C(c1cnn(C)c1)N1CCc2sccc2C1C. The maximum absolute atomic E-state index is 6.47. The van der Waals surface area contributed by atoms with Crippen LogP contribution in [0.15, 0.2) is 23.8 Å². The van der Waals surface area contributed by atoms with Gasteiger partial charge < -0.3 is 5.73 Å². The van der Waals surface area contributed by atoms with Crippen LogP contribution in [-0.4, -0.2) is 27.3 Å². The second-order valence-corrected chi connectivity index (χ2v) is 6.93. The molecule has 0 saturated heterocycles. The molecule has 2 aromatic heterocycles. The molecule has 3 atom stereocenters. The number of aryl methyl sites for hydroxylation is 1. The molecule has 4 nitrogen and oxygen atoms in total. The molecule has 0 radical (unpaired) electrons. The quantitative estimate of drug-likeness (QED) is 0.945. The van der Waals surface area contributed by atoms with Crippen molar-refractivity contribution in [1.29, 1.82) is 0 Å². The van der Waals surface area contributed by atoms with Gasteiger partial charge in [-0.25, -0.2) is 0 Å². The summed E-state index contributed by atoms with van der Waals surface area (Å²) in [6, 6.07) is 3.07. The molecule has 5 heteroatoms. The summed E-state index contributed by atoms with van der Waals surface area (Å²) < 4.78 is 1.87. The Labute approximate surface area is 130 Å². The Balaban J connectivity index is 1.94. The number of nitrogens with two attached hydrogens (primary N) is 1. The van der Waals surface area contributed by atoms with Crippen LogP contribution in [0.4, 0.5) is 0 Å². The average Bonchev–Trinajstić information content (AvgIpc) is 3.10. The van der Waals surface area contributed by atoms with Crippen LogP contribution in [0.2, 0.25) is 0 Å². The first kappa shape index (κ1) is 14.8. The van der Waals surface area contributed by atoms with Gasteiger partial charge in [-0.2, -0.15) is 5.10 Å². The molecule has 0 spiro atoms. The van der Waals surface area contributed by atoms with Crippen LogP contribution in [0, 0.1) is 0 Å². The zero-order valence-corrected chi connectivity index (χ0v) is 13.8. The fraction of sp³-hybridized carbons (Fsp3) is 0.562.